The lowest BCUT2D eigenvalue weighted by Gasteiger charge is -2.32. The van der Waals surface area contributed by atoms with Crippen LogP contribution in [0.2, 0.25) is 0 Å². The predicted molar refractivity (Wildman–Crippen MR) is 129 cm³/mol. The van der Waals surface area contributed by atoms with Gasteiger partial charge in [0.2, 0.25) is 0 Å². The van der Waals surface area contributed by atoms with Gasteiger partial charge in [-0.2, -0.15) is 0 Å². The monoisotopic (exact) mass is 503 g/mol. The number of aromatic nitrogens is 1. The van der Waals surface area contributed by atoms with Crippen LogP contribution >= 0.6 is 24.0 Å². The van der Waals surface area contributed by atoms with E-state index in [1.54, 1.807) is 0 Å². The van der Waals surface area contributed by atoms with Gasteiger partial charge in [-0.05, 0) is 37.8 Å². The maximum absolute atomic E-state index is 5.60. The van der Waals surface area contributed by atoms with Crippen LogP contribution in [0.25, 0.3) is 0 Å². The molecule has 0 spiro atoms. The number of hydrogen-bond acceptors (Lipinski definition) is 4. The van der Waals surface area contributed by atoms with E-state index in [0.717, 1.165) is 56.0 Å². The number of nitrogens with zero attached hydrogens (tertiary/aromatic N) is 3. The number of ether oxygens (including phenoxy) is 1. The summed E-state index contributed by atoms with van der Waals surface area (Å²) in [6.07, 6.45) is 5.92. The number of hydrogen-bond donors (Lipinski definition) is 2. The summed E-state index contributed by atoms with van der Waals surface area (Å²) in [7, 11) is 0. The Labute approximate surface area is 187 Å². The van der Waals surface area contributed by atoms with Crippen molar-refractivity contribution in [1.29, 1.82) is 0 Å². The van der Waals surface area contributed by atoms with E-state index < -0.39 is 0 Å². The van der Waals surface area contributed by atoms with Gasteiger partial charge in [0.25, 0.3) is 0 Å². The highest BCUT2D eigenvalue weighted by molar-refractivity contribution is 14.0. The largest absolute Gasteiger partial charge is 0.375 e. The van der Waals surface area contributed by atoms with Crippen LogP contribution in [-0.2, 0) is 11.3 Å². The molecular weight excluding hydrogens is 465 g/mol. The van der Waals surface area contributed by atoms with E-state index in [2.05, 4.69) is 60.3 Å². The van der Waals surface area contributed by atoms with Crippen LogP contribution in [0.3, 0.4) is 0 Å². The molecule has 1 aromatic heterocycles. The summed E-state index contributed by atoms with van der Waals surface area (Å²) in [5, 5.41) is 6.75. The molecule has 28 heavy (non-hydrogen) atoms. The van der Waals surface area contributed by atoms with Crippen molar-refractivity contribution in [2.45, 2.75) is 59.6 Å². The molecule has 6 nitrogen and oxygen atoms in total. The number of anilines is 1. The molecule has 160 valence electrons. The molecule has 0 aliphatic carbocycles. The zero-order valence-corrected chi connectivity index (χ0v) is 20.2. The Morgan fingerprint density at radius 1 is 1.32 bits per heavy atom. The van der Waals surface area contributed by atoms with Gasteiger partial charge in [-0.3, -0.25) is 0 Å². The first-order chi connectivity index (χ1) is 13.1. The molecule has 2 rings (SSSR count). The van der Waals surface area contributed by atoms with Crippen LogP contribution in [0.15, 0.2) is 23.3 Å². The summed E-state index contributed by atoms with van der Waals surface area (Å²) in [5.41, 5.74) is 1.12. The maximum atomic E-state index is 5.60. The Morgan fingerprint density at radius 2 is 2.14 bits per heavy atom. The SMILES string of the molecule is CCNC(=NCc1ccc(N2CCOC(C)C2)nc1)NCCCCC(C)C.I. The molecule has 1 saturated heterocycles. The Hall–Kier alpha value is -1.09. The van der Waals surface area contributed by atoms with Crippen molar-refractivity contribution in [1.82, 2.24) is 15.6 Å². The van der Waals surface area contributed by atoms with Crippen LogP contribution in [0.5, 0.6) is 0 Å². The topological polar surface area (TPSA) is 61.8 Å². The normalized spacial score (nSPS) is 17.4. The molecule has 0 amide bonds. The molecule has 2 heterocycles. The lowest BCUT2D eigenvalue weighted by molar-refractivity contribution is 0.0529. The van der Waals surface area contributed by atoms with Crippen molar-refractivity contribution in [2.24, 2.45) is 10.9 Å². The van der Waals surface area contributed by atoms with Crippen molar-refractivity contribution < 1.29 is 4.74 Å². The van der Waals surface area contributed by atoms with E-state index in [4.69, 9.17) is 9.73 Å². The number of nitrogens with one attached hydrogen (secondary N) is 2. The average molecular weight is 503 g/mol. The quantitative estimate of drug-likeness (QED) is 0.232. The van der Waals surface area contributed by atoms with E-state index in [9.17, 15) is 0 Å². The van der Waals surface area contributed by atoms with E-state index in [1.807, 2.05) is 6.20 Å². The molecule has 0 aromatic carbocycles. The Balaban J connectivity index is 0.00000392. The van der Waals surface area contributed by atoms with Crippen molar-refractivity contribution in [3.63, 3.8) is 0 Å². The van der Waals surface area contributed by atoms with Crippen LogP contribution in [0.4, 0.5) is 5.82 Å². The third kappa shape index (κ3) is 9.41. The smallest absolute Gasteiger partial charge is 0.191 e. The van der Waals surface area contributed by atoms with Crippen LogP contribution in [0.1, 0.15) is 52.5 Å². The minimum Gasteiger partial charge on any atom is -0.375 e. The molecule has 1 unspecified atom stereocenters. The molecule has 1 fully saturated rings. The molecule has 7 heteroatoms. The molecule has 1 aliphatic heterocycles. The minimum absolute atomic E-state index is 0. The first kappa shape index (κ1) is 24.9. The average Bonchev–Trinajstić information content (AvgIpc) is 2.66. The van der Waals surface area contributed by atoms with Crippen LogP contribution in [0, 0.1) is 5.92 Å². The summed E-state index contributed by atoms with van der Waals surface area (Å²) in [5.74, 6) is 2.68. The van der Waals surface area contributed by atoms with Crippen LogP contribution in [-0.4, -0.2) is 49.8 Å². The number of morpholine rings is 1. The molecular formula is C21H38IN5O. The fourth-order valence-corrected chi connectivity index (χ4v) is 3.12. The molecule has 2 N–H and O–H groups in total. The lowest BCUT2D eigenvalue weighted by atomic mass is 10.1. The number of rotatable bonds is 9. The van der Waals surface area contributed by atoms with Gasteiger partial charge < -0.3 is 20.3 Å². The second-order valence-electron chi connectivity index (χ2n) is 7.66. The summed E-state index contributed by atoms with van der Waals surface area (Å²) in [6.45, 7) is 13.8. The molecule has 1 aliphatic rings. The number of pyridine rings is 1. The third-order valence-corrected chi connectivity index (χ3v) is 4.64. The van der Waals surface area contributed by atoms with Gasteiger partial charge in [-0.1, -0.05) is 32.8 Å². The zero-order valence-electron chi connectivity index (χ0n) is 17.9. The Kier molecular flexibility index (Phi) is 12.5. The van der Waals surface area contributed by atoms with Crippen LogP contribution < -0.4 is 15.5 Å². The second-order valence-corrected chi connectivity index (χ2v) is 7.66. The van der Waals surface area contributed by atoms with Crippen molar-refractivity contribution >= 4 is 35.8 Å². The number of unbranched alkanes of at least 4 members (excludes halogenated alkanes) is 1. The molecule has 0 bridgehead atoms. The van der Waals surface area contributed by atoms with Gasteiger partial charge >= 0.3 is 0 Å². The van der Waals surface area contributed by atoms with Crippen molar-refractivity contribution in [3.05, 3.63) is 23.9 Å². The number of aliphatic imine (C=N–C) groups is 1. The van der Waals surface area contributed by atoms with Gasteiger partial charge in [0.05, 0.1) is 19.3 Å². The standard InChI is InChI=1S/C21H37N5O.HI/c1-5-22-21(23-11-7-6-8-17(2)3)25-15-19-9-10-20(24-14-19)26-12-13-27-18(4)16-26;/h9-10,14,17-18H,5-8,11-13,15-16H2,1-4H3,(H2,22,23,25);1H. The summed E-state index contributed by atoms with van der Waals surface area (Å²) < 4.78 is 5.60. The Morgan fingerprint density at radius 3 is 2.79 bits per heavy atom. The molecule has 0 radical (unpaired) electrons. The zero-order chi connectivity index (χ0) is 19.5. The van der Waals surface area contributed by atoms with Crippen molar-refractivity contribution in [3.8, 4) is 0 Å². The second kappa shape index (κ2) is 14.0. The summed E-state index contributed by atoms with van der Waals surface area (Å²) in [4.78, 5) is 11.6. The molecule has 0 saturated carbocycles. The van der Waals surface area contributed by atoms with Gasteiger partial charge in [0, 0.05) is 32.4 Å². The van der Waals surface area contributed by atoms with Gasteiger partial charge in [-0.25, -0.2) is 9.98 Å². The molecule has 1 aromatic rings. The fourth-order valence-electron chi connectivity index (χ4n) is 3.12. The number of halogens is 1. The lowest BCUT2D eigenvalue weighted by Crippen LogP contribution is -2.41. The van der Waals surface area contributed by atoms with E-state index in [-0.39, 0.29) is 30.1 Å². The molecule has 1 atom stereocenters. The van der Waals surface area contributed by atoms with Gasteiger partial charge in [-0.15, -0.1) is 24.0 Å². The van der Waals surface area contributed by atoms with Gasteiger partial charge in [0.1, 0.15) is 5.82 Å². The highest BCUT2D eigenvalue weighted by Crippen LogP contribution is 2.15. The van der Waals surface area contributed by atoms with Gasteiger partial charge in [0.15, 0.2) is 5.96 Å². The summed E-state index contributed by atoms with van der Waals surface area (Å²) >= 11 is 0. The van der Waals surface area contributed by atoms with E-state index in [1.165, 1.54) is 19.3 Å². The summed E-state index contributed by atoms with van der Waals surface area (Å²) in [6, 6.07) is 4.22. The fraction of sp³-hybridized carbons (Fsp3) is 0.714. The van der Waals surface area contributed by atoms with E-state index >= 15 is 0 Å². The minimum atomic E-state index is 0. The first-order valence-electron chi connectivity index (χ1n) is 10.4. The Bertz CT molecular complexity index is 564. The van der Waals surface area contributed by atoms with Crippen molar-refractivity contribution in [2.75, 3.05) is 37.7 Å². The van der Waals surface area contributed by atoms with E-state index in [0.29, 0.717) is 6.54 Å². The first-order valence-corrected chi connectivity index (χ1v) is 10.4. The highest BCUT2D eigenvalue weighted by atomic mass is 127. The number of guanidine groups is 1. The maximum Gasteiger partial charge on any atom is 0.191 e. The third-order valence-electron chi connectivity index (χ3n) is 4.64. The predicted octanol–water partition coefficient (Wildman–Crippen LogP) is 3.81. The highest BCUT2D eigenvalue weighted by Gasteiger charge is 2.17.